The number of nitrogens with one attached hydrogen (secondary N) is 3. The summed E-state index contributed by atoms with van der Waals surface area (Å²) in [6.07, 6.45) is 1.00. The summed E-state index contributed by atoms with van der Waals surface area (Å²) in [5.74, 6) is -0.216. The first-order valence-corrected chi connectivity index (χ1v) is 8.92. The molecule has 3 N–H and O–H groups in total. The number of sulfonamides is 1. The lowest BCUT2D eigenvalue weighted by Gasteiger charge is -2.10. The van der Waals surface area contributed by atoms with Crippen molar-refractivity contribution in [2.24, 2.45) is 0 Å². The molecule has 0 aliphatic heterocycles. The molecule has 0 saturated heterocycles. The van der Waals surface area contributed by atoms with Gasteiger partial charge in [-0.2, -0.15) is 0 Å². The molecule has 1 amide bonds. The molecule has 0 aromatic heterocycles. The van der Waals surface area contributed by atoms with E-state index in [0.29, 0.717) is 23.2 Å². The van der Waals surface area contributed by atoms with Crippen LogP contribution in [0.2, 0.25) is 0 Å². The highest BCUT2D eigenvalue weighted by Crippen LogP contribution is 2.25. The molecule has 0 heterocycles. The molecule has 6 nitrogen and oxygen atoms in total. The summed E-state index contributed by atoms with van der Waals surface area (Å²) in [5.41, 5.74) is 0.533. The summed E-state index contributed by atoms with van der Waals surface area (Å²) in [6.45, 7) is 5.21. The van der Waals surface area contributed by atoms with Crippen molar-refractivity contribution >= 4 is 50.0 Å². The highest BCUT2D eigenvalue weighted by molar-refractivity contribution is 9.10. The Kier molecular flexibility index (Phi) is 9.86. The normalized spacial score (nSPS) is 10.9. The summed E-state index contributed by atoms with van der Waals surface area (Å²) < 4.78 is 27.2. The van der Waals surface area contributed by atoms with Crippen LogP contribution in [0, 0.1) is 0 Å². The van der Waals surface area contributed by atoms with Gasteiger partial charge >= 0.3 is 0 Å². The second-order valence-corrected chi connectivity index (χ2v) is 7.09. The summed E-state index contributed by atoms with van der Waals surface area (Å²) >= 11 is 3.25. The second-order valence-electron chi connectivity index (χ2n) is 4.47. The minimum absolute atomic E-state index is 0. The van der Waals surface area contributed by atoms with Gasteiger partial charge in [-0.1, -0.05) is 6.92 Å². The van der Waals surface area contributed by atoms with Crippen molar-refractivity contribution in [2.45, 2.75) is 25.2 Å². The number of hydrogen-bond donors (Lipinski definition) is 3. The fourth-order valence-corrected chi connectivity index (χ4v) is 3.30. The third kappa shape index (κ3) is 7.06. The number of halogens is 2. The molecule has 0 bridgehead atoms. The fourth-order valence-electron chi connectivity index (χ4n) is 1.61. The van der Waals surface area contributed by atoms with E-state index in [1.54, 1.807) is 6.07 Å². The van der Waals surface area contributed by atoms with Crippen molar-refractivity contribution in [2.75, 3.05) is 25.0 Å². The Bertz CT molecular complexity index is 596. The van der Waals surface area contributed by atoms with Crippen molar-refractivity contribution in [3.05, 3.63) is 22.7 Å². The van der Waals surface area contributed by atoms with Gasteiger partial charge in [0.2, 0.25) is 15.9 Å². The van der Waals surface area contributed by atoms with E-state index in [1.807, 2.05) is 6.92 Å². The lowest BCUT2D eigenvalue weighted by Crippen LogP contribution is -2.32. The molecular weight excluding hydrogens is 394 g/mol. The van der Waals surface area contributed by atoms with Gasteiger partial charge < -0.3 is 10.6 Å². The maximum atomic E-state index is 12.1. The van der Waals surface area contributed by atoms with Crippen LogP contribution in [0.1, 0.15) is 20.3 Å². The van der Waals surface area contributed by atoms with Gasteiger partial charge in [0.1, 0.15) is 0 Å². The molecule has 9 heteroatoms. The van der Waals surface area contributed by atoms with Gasteiger partial charge in [0.05, 0.1) is 10.6 Å². The van der Waals surface area contributed by atoms with Crippen molar-refractivity contribution in [3.63, 3.8) is 0 Å². The van der Waals surface area contributed by atoms with E-state index in [9.17, 15) is 13.2 Å². The van der Waals surface area contributed by atoms with Gasteiger partial charge in [-0.3, -0.25) is 4.79 Å². The van der Waals surface area contributed by atoms with E-state index in [4.69, 9.17) is 0 Å². The van der Waals surface area contributed by atoms with Gasteiger partial charge in [0.15, 0.2) is 0 Å². The van der Waals surface area contributed by atoms with E-state index >= 15 is 0 Å². The van der Waals surface area contributed by atoms with E-state index in [-0.39, 0.29) is 23.2 Å². The molecule has 1 aromatic rings. The molecule has 0 aliphatic carbocycles. The molecule has 22 heavy (non-hydrogen) atoms. The zero-order valence-electron chi connectivity index (χ0n) is 12.5. The molecule has 0 unspecified atom stereocenters. The maximum Gasteiger partial charge on any atom is 0.240 e. The van der Waals surface area contributed by atoms with E-state index < -0.39 is 10.0 Å². The Balaban J connectivity index is 0.00000441. The predicted octanol–water partition coefficient (Wildman–Crippen LogP) is 2.11. The largest absolute Gasteiger partial charge is 0.325 e. The van der Waals surface area contributed by atoms with Gasteiger partial charge in [-0.05, 0) is 47.1 Å². The molecule has 0 atom stereocenters. The van der Waals surface area contributed by atoms with Crippen LogP contribution in [0.3, 0.4) is 0 Å². The van der Waals surface area contributed by atoms with Crippen LogP contribution in [-0.4, -0.2) is 34.0 Å². The number of hydrogen-bond acceptors (Lipinski definition) is 4. The molecule has 0 spiro atoms. The third-order valence-electron chi connectivity index (χ3n) is 2.58. The van der Waals surface area contributed by atoms with Crippen LogP contribution in [0.25, 0.3) is 0 Å². The number of benzene rings is 1. The number of anilines is 1. The van der Waals surface area contributed by atoms with Crippen LogP contribution in [0.5, 0.6) is 0 Å². The first-order chi connectivity index (χ1) is 9.86. The third-order valence-corrected chi connectivity index (χ3v) is 4.70. The zero-order chi connectivity index (χ0) is 15.9. The lowest BCUT2D eigenvalue weighted by atomic mass is 10.3. The Hall–Kier alpha value is -0.670. The number of carbonyl (C=O) groups excluding carboxylic acids is 1. The summed E-state index contributed by atoms with van der Waals surface area (Å²) in [4.78, 5) is 11.2. The molecule has 1 rings (SSSR count). The summed E-state index contributed by atoms with van der Waals surface area (Å²) in [7, 11) is -3.55. The van der Waals surface area contributed by atoms with Crippen LogP contribution < -0.4 is 15.4 Å². The number of rotatable bonds is 8. The van der Waals surface area contributed by atoms with Gasteiger partial charge in [-0.15, -0.1) is 12.4 Å². The number of carbonyl (C=O) groups is 1. The second kappa shape index (κ2) is 10.2. The van der Waals surface area contributed by atoms with Crippen LogP contribution in [-0.2, 0) is 14.8 Å². The summed E-state index contributed by atoms with van der Waals surface area (Å²) in [6, 6.07) is 4.47. The average molecular weight is 415 g/mol. The van der Waals surface area contributed by atoms with Gasteiger partial charge in [0, 0.05) is 24.5 Å². The van der Waals surface area contributed by atoms with E-state index in [2.05, 4.69) is 31.3 Å². The molecular formula is C13H21BrClN3O3S. The maximum absolute atomic E-state index is 12.1. The fraction of sp³-hybridized carbons (Fsp3) is 0.462. The predicted molar refractivity (Wildman–Crippen MR) is 94.0 cm³/mol. The first-order valence-electron chi connectivity index (χ1n) is 6.64. The first kappa shape index (κ1) is 21.3. The standard InChI is InChI=1S/C13H20BrN3O3S.ClH/c1-3-6-15-7-8-16-21(19,20)11-4-5-13(12(14)9-11)17-10(2)18;/h4-5,9,15-16H,3,6-8H2,1-2H3,(H,17,18);1H. The highest BCUT2D eigenvalue weighted by atomic mass is 79.9. The quantitative estimate of drug-likeness (QED) is 0.569. The Morgan fingerprint density at radius 1 is 1.23 bits per heavy atom. The molecule has 0 fully saturated rings. The minimum Gasteiger partial charge on any atom is -0.325 e. The smallest absolute Gasteiger partial charge is 0.240 e. The van der Waals surface area contributed by atoms with Crippen LogP contribution >= 0.6 is 28.3 Å². The molecule has 0 saturated carbocycles. The average Bonchev–Trinajstić information content (AvgIpc) is 2.40. The Morgan fingerprint density at radius 2 is 1.91 bits per heavy atom. The van der Waals surface area contributed by atoms with E-state index in [1.165, 1.54) is 19.1 Å². The van der Waals surface area contributed by atoms with Gasteiger partial charge in [-0.25, -0.2) is 13.1 Å². The molecule has 126 valence electrons. The molecule has 0 aliphatic rings. The topological polar surface area (TPSA) is 87.3 Å². The lowest BCUT2D eigenvalue weighted by molar-refractivity contribution is -0.114. The molecule has 1 aromatic carbocycles. The Morgan fingerprint density at radius 3 is 2.45 bits per heavy atom. The molecule has 0 radical (unpaired) electrons. The van der Waals surface area contributed by atoms with Crippen molar-refractivity contribution < 1.29 is 13.2 Å². The van der Waals surface area contributed by atoms with Gasteiger partial charge in [0.25, 0.3) is 0 Å². The Labute approximate surface area is 146 Å². The number of amides is 1. The van der Waals surface area contributed by atoms with Crippen LogP contribution in [0.15, 0.2) is 27.6 Å². The SMILES string of the molecule is CCCNCCNS(=O)(=O)c1ccc(NC(C)=O)c(Br)c1.Cl. The van der Waals surface area contributed by atoms with Crippen molar-refractivity contribution in [1.29, 1.82) is 0 Å². The zero-order valence-corrected chi connectivity index (χ0v) is 15.7. The summed E-state index contributed by atoms with van der Waals surface area (Å²) in [5, 5.41) is 5.72. The van der Waals surface area contributed by atoms with Crippen molar-refractivity contribution in [1.82, 2.24) is 10.0 Å². The van der Waals surface area contributed by atoms with E-state index in [0.717, 1.165) is 13.0 Å². The minimum atomic E-state index is -3.55. The van der Waals surface area contributed by atoms with Crippen LogP contribution in [0.4, 0.5) is 5.69 Å². The highest BCUT2D eigenvalue weighted by Gasteiger charge is 2.15. The van der Waals surface area contributed by atoms with Crippen molar-refractivity contribution in [3.8, 4) is 0 Å². The monoisotopic (exact) mass is 413 g/mol.